The SMILES string of the molecule is CCC(N)(CC)c1noc(-c2sc(C)nc2C)n1. The second-order valence-corrected chi connectivity index (χ2v) is 5.64. The third-order valence-electron chi connectivity index (χ3n) is 3.23. The van der Waals surface area contributed by atoms with Crippen molar-refractivity contribution in [1.29, 1.82) is 0 Å². The third-order valence-corrected chi connectivity index (χ3v) is 4.29. The molecule has 0 saturated carbocycles. The smallest absolute Gasteiger partial charge is 0.269 e. The fourth-order valence-electron chi connectivity index (χ4n) is 1.81. The van der Waals surface area contributed by atoms with Crippen LogP contribution in [0.3, 0.4) is 0 Å². The van der Waals surface area contributed by atoms with Gasteiger partial charge in [0.1, 0.15) is 4.88 Å². The number of aromatic nitrogens is 3. The molecular formula is C12H18N4OS. The molecule has 2 rings (SSSR count). The Labute approximate surface area is 110 Å². The molecular weight excluding hydrogens is 248 g/mol. The molecule has 2 N–H and O–H groups in total. The molecule has 0 fully saturated rings. The van der Waals surface area contributed by atoms with Crippen LogP contribution < -0.4 is 5.73 Å². The minimum atomic E-state index is -0.505. The van der Waals surface area contributed by atoms with Crippen LogP contribution in [0.2, 0.25) is 0 Å². The van der Waals surface area contributed by atoms with E-state index in [0.717, 1.165) is 28.4 Å². The van der Waals surface area contributed by atoms with Crippen LogP contribution in [-0.2, 0) is 5.54 Å². The predicted octanol–water partition coefficient (Wildman–Crippen LogP) is 2.78. The van der Waals surface area contributed by atoms with Gasteiger partial charge in [0.25, 0.3) is 5.89 Å². The number of thiazole rings is 1. The molecule has 0 radical (unpaired) electrons. The molecule has 98 valence electrons. The van der Waals surface area contributed by atoms with Crippen molar-refractivity contribution >= 4 is 11.3 Å². The van der Waals surface area contributed by atoms with Crippen molar-refractivity contribution in [2.75, 3.05) is 0 Å². The van der Waals surface area contributed by atoms with Crippen molar-refractivity contribution in [3.63, 3.8) is 0 Å². The molecule has 0 bridgehead atoms. The van der Waals surface area contributed by atoms with E-state index in [9.17, 15) is 0 Å². The summed E-state index contributed by atoms with van der Waals surface area (Å²) in [6, 6.07) is 0. The quantitative estimate of drug-likeness (QED) is 0.920. The summed E-state index contributed by atoms with van der Waals surface area (Å²) < 4.78 is 5.32. The molecule has 0 aliphatic rings. The summed E-state index contributed by atoms with van der Waals surface area (Å²) in [5.74, 6) is 1.10. The molecule has 5 nitrogen and oxygen atoms in total. The van der Waals surface area contributed by atoms with Gasteiger partial charge in [0.2, 0.25) is 0 Å². The van der Waals surface area contributed by atoms with Gasteiger partial charge >= 0.3 is 0 Å². The third kappa shape index (κ3) is 2.18. The predicted molar refractivity (Wildman–Crippen MR) is 71.3 cm³/mol. The van der Waals surface area contributed by atoms with Crippen LogP contribution in [0.5, 0.6) is 0 Å². The molecule has 2 heterocycles. The van der Waals surface area contributed by atoms with E-state index >= 15 is 0 Å². The summed E-state index contributed by atoms with van der Waals surface area (Å²) in [7, 11) is 0. The van der Waals surface area contributed by atoms with E-state index in [0.29, 0.717) is 11.7 Å². The number of nitrogens with two attached hydrogens (primary N) is 1. The average Bonchev–Trinajstić information content (AvgIpc) is 2.95. The van der Waals surface area contributed by atoms with E-state index in [1.165, 1.54) is 0 Å². The normalized spacial score (nSPS) is 12.1. The standard InChI is InChI=1S/C12H18N4OS/c1-5-12(13,6-2)11-15-10(17-16-11)9-7(3)14-8(4)18-9/h5-6,13H2,1-4H3. The van der Waals surface area contributed by atoms with E-state index in [-0.39, 0.29) is 0 Å². The fraction of sp³-hybridized carbons (Fsp3) is 0.583. The van der Waals surface area contributed by atoms with E-state index < -0.39 is 5.54 Å². The van der Waals surface area contributed by atoms with Crippen LogP contribution in [-0.4, -0.2) is 15.1 Å². The highest BCUT2D eigenvalue weighted by molar-refractivity contribution is 7.15. The Hall–Kier alpha value is -1.27. The monoisotopic (exact) mass is 266 g/mol. The second kappa shape index (κ2) is 4.78. The molecule has 0 saturated heterocycles. The summed E-state index contributed by atoms with van der Waals surface area (Å²) in [6.07, 6.45) is 1.56. The summed E-state index contributed by atoms with van der Waals surface area (Å²) in [6.45, 7) is 7.96. The Bertz CT molecular complexity index is 542. The van der Waals surface area contributed by atoms with Crippen LogP contribution in [0, 0.1) is 13.8 Å². The second-order valence-electron chi connectivity index (χ2n) is 4.43. The van der Waals surface area contributed by atoms with E-state index in [1.54, 1.807) is 11.3 Å². The number of rotatable bonds is 4. The first kappa shape index (κ1) is 13.2. The van der Waals surface area contributed by atoms with Gasteiger partial charge in [-0.2, -0.15) is 4.98 Å². The summed E-state index contributed by atoms with van der Waals surface area (Å²) in [5, 5.41) is 5.02. The van der Waals surface area contributed by atoms with Crippen molar-refractivity contribution in [2.45, 2.75) is 46.1 Å². The molecule has 0 atom stereocenters. The molecule has 2 aromatic heterocycles. The number of hydrogen-bond acceptors (Lipinski definition) is 6. The molecule has 0 aliphatic carbocycles. The molecule has 18 heavy (non-hydrogen) atoms. The van der Waals surface area contributed by atoms with Gasteiger partial charge in [-0.25, -0.2) is 4.98 Å². The first-order valence-electron chi connectivity index (χ1n) is 6.07. The Morgan fingerprint density at radius 1 is 1.22 bits per heavy atom. The van der Waals surface area contributed by atoms with Gasteiger partial charge < -0.3 is 10.3 Å². The summed E-state index contributed by atoms with van der Waals surface area (Å²) >= 11 is 1.56. The van der Waals surface area contributed by atoms with Crippen molar-refractivity contribution in [2.24, 2.45) is 5.73 Å². The fourth-order valence-corrected chi connectivity index (χ4v) is 2.66. The number of aryl methyl sites for hydroxylation is 2. The topological polar surface area (TPSA) is 77.8 Å². The lowest BCUT2D eigenvalue weighted by molar-refractivity contribution is 0.350. The zero-order chi connectivity index (χ0) is 13.3. The van der Waals surface area contributed by atoms with Crippen molar-refractivity contribution in [3.8, 4) is 10.8 Å². The lowest BCUT2D eigenvalue weighted by Gasteiger charge is -2.21. The Balaban J connectivity index is 2.39. The minimum Gasteiger partial charge on any atom is -0.333 e. The molecule has 6 heteroatoms. The highest BCUT2D eigenvalue weighted by Gasteiger charge is 2.29. The molecule has 0 spiro atoms. The molecule has 0 amide bonds. The molecule has 0 aromatic carbocycles. The minimum absolute atomic E-state index is 0.505. The number of nitrogens with zero attached hydrogens (tertiary/aromatic N) is 3. The van der Waals surface area contributed by atoms with Gasteiger partial charge in [-0.3, -0.25) is 0 Å². The van der Waals surface area contributed by atoms with Crippen LogP contribution in [0.15, 0.2) is 4.52 Å². The zero-order valence-electron chi connectivity index (χ0n) is 11.1. The van der Waals surface area contributed by atoms with Gasteiger partial charge in [0.05, 0.1) is 16.2 Å². The van der Waals surface area contributed by atoms with Gasteiger partial charge in [-0.15, -0.1) is 11.3 Å². The van der Waals surface area contributed by atoms with Gasteiger partial charge in [-0.05, 0) is 26.7 Å². The highest BCUT2D eigenvalue weighted by atomic mass is 32.1. The summed E-state index contributed by atoms with van der Waals surface area (Å²) in [4.78, 5) is 9.73. The van der Waals surface area contributed by atoms with Crippen LogP contribution in [0.25, 0.3) is 10.8 Å². The molecule has 0 aliphatic heterocycles. The largest absolute Gasteiger partial charge is 0.333 e. The first-order chi connectivity index (χ1) is 8.50. The maximum atomic E-state index is 6.26. The van der Waals surface area contributed by atoms with E-state index in [1.807, 2.05) is 27.7 Å². The Morgan fingerprint density at radius 3 is 2.39 bits per heavy atom. The maximum absolute atomic E-state index is 6.26. The van der Waals surface area contributed by atoms with Gasteiger partial charge in [-0.1, -0.05) is 19.0 Å². The van der Waals surface area contributed by atoms with Crippen molar-refractivity contribution in [3.05, 3.63) is 16.5 Å². The van der Waals surface area contributed by atoms with Crippen molar-refractivity contribution in [1.82, 2.24) is 15.1 Å². The average molecular weight is 266 g/mol. The van der Waals surface area contributed by atoms with E-state index in [2.05, 4.69) is 15.1 Å². The zero-order valence-corrected chi connectivity index (χ0v) is 12.0. The maximum Gasteiger partial charge on any atom is 0.269 e. The van der Waals surface area contributed by atoms with Gasteiger partial charge in [0, 0.05) is 0 Å². The van der Waals surface area contributed by atoms with Crippen LogP contribution >= 0.6 is 11.3 Å². The van der Waals surface area contributed by atoms with Crippen LogP contribution in [0.1, 0.15) is 43.2 Å². The lowest BCUT2D eigenvalue weighted by Crippen LogP contribution is -2.36. The van der Waals surface area contributed by atoms with Crippen LogP contribution in [0.4, 0.5) is 0 Å². The summed E-state index contributed by atoms with van der Waals surface area (Å²) in [5.41, 5.74) is 6.67. The molecule has 2 aromatic rings. The van der Waals surface area contributed by atoms with E-state index in [4.69, 9.17) is 10.3 Å². The Kier molecular flexibility index (Phi) is 3.49. The lowest BCUT2D eigenvalue weighted by atomic mass is 9.93. The molecule has 0 unspecified atom stereocenters. The number of hydrogen-bond donors (Lipinski definition) is 1. The highest BCUT2D eigenvalue weighted by Crippen LogP contribution is 2.30. The van der Waals surface area contributed by atoms with Gasteiger partial charge in [0.15, 0.2) is 5.82 Å². The first-order valence-corrected chi connectivity index (χ1v) is 6.89. The Morgan fingerprint density at radius 2 is 1.89 bits per heavy atom. The van der Waals surface area contributed by atoms with Crippen molar-refractivity contribution < 1.29 is 4.52 Å².